The predicted octanol–water partition coefficient (Wildman–Crippen LogP) is 3.64. The fourth-order valence-corrected chi connectivity index (χ4v) is 4.09. The van der Waals surface area contributed by atoms with Crippen LogP contribution in [0.3, 0.4) is 0 Å². The van der Waals surface area contributed by atoms with Crippen LogP contribution in [0.1, 0.15) is 54.1 Å². The molecular weight excluding hydrogens is 368 g/mol. The normalized spacial score (nSPS) is 16.7. The van der Waals surface area contributed by atoms with E-state index in [1.807, 2.05) is 30.6 Å². The molecule has 1 aliphatic carbocycles. The van der Waals surface area contributed by atoms with E-state index in [0.29, 0.717) is 31.4 Å². The van der Waals surface area contributed by atoms with Crippen LogP contribution in [0.2, 0.25) is 0 Å². The first-order valence-electron chi connectivity index (χ1n) is 10.3. The van der Waals surface area contributed by atoms with Gasteiger partial charge in [-0.3, -0.25) is 4.79 Å². The van der Waals surface area contributed by atoms with Gasteiger partial charge >= 0.3 is 0 Å². The van der Waals surface area contributed by atoms with Crippen LogP contribution in [0, 0.1) is 0 Å². The molecule has 0 spiro atoms. The number of hydrogen-bond donors (Lipinski definition) is 1. The molecule has 0 saturated heterocycles. The molecule has 1 aliphatic heterocycles. The molecule has 3 aromatic rings. The van der Waals surface area contributed by atoms with E-state index in [4.69, 9.17) is 9.47 Å². The number of nitrogens with one attached hydrogen (secondary N) is 1. The number of nitrogens with zero attached hydrogens (tertiary/aromatic N) is 3. The van der Waals surface area contributed by atoms with Crippen molar-refractivity contribution in [3.8, 4) is 11.5 Å². The Morgan fingerprint density at radius 1 is 1.07 bits per heavy atom. The fraction of sp³-hybridized carbons (Fsp3) is 0.409. The van der Waals surface area contributed by atoms with E-state index in [9.17, 15) is 4.79 Å². The van der Waals surface area contributed by atoms with Gasteiger partial charge in [0.2, 0.25) is 0 Å². The van der Waals surface area contributed by atoms with E-state index in [1.54, 1.807) is 6.20 Å². The maximum atomic E-state index is 12.6. The topological polar surface area (TPSA) is 78.3 Å². The summed E-state index contributed by atoms with van der Waals surface area (Å²) >= 11 is 0. The van der Waals surface area contributed by atoms with Crippen LogP contribution in [0.15, 0.2) is 36.8 Å². The van der Waals surface area contributed by atoms with Gasteiger partial charge < -0.3 is 19.4 Å². The maximum absolute atomic E-state index is 12.6. The van der Waals surface area contributed by atoms with Crippen LogP contribution in [-0.4, -0.2) is 33.7 Å². The van der Waals surface area contributed by atoms with Crippen LogP contribution in [-0.2, 0) is 6.54 Å². The van der Waals surface area contributed by atoms with Crippen LogP contribution in [0.5, 0.6) is 11.5 Å². The number of imidazole rings is 1. The van der Waals surface area contributed by atoms with E-state index in [0.717, 1.165) is 34.6 Å². The number of rotatable bonds is 4. The monoisotopic (exact) mass is 392 g/mol. The Balaban J connectivity index is 1.28. The van der Waals surface area contributed by atoms with E-state index >= 15 is 0 Å². The van der Waals surface area contributed by atoms with Crippen LogP contribution in [0.25, 0.3) is 11.2 Å². The highest BCUT2D eigenvalue weighted by atomic mass is 16.5. The average molecular weight is 392 g/mol. The fourth-order valence-electron chi connectivity index (χ4n) is 4.09. The number of carbonyl (C=O) groups is 1. The lowest BCUT2D eigenvalue weighted by Crippen LogP contribution is -2.23. The van der Waals surface area contributed by atoms with Crippen molar-refractivity contribution in [3.05, 3.63) is 47.9 Å². The molecule has 3 heterocycles. The minimum Gasteiger partial charge on any atom is -0.490 e. The highest BCUT2D eigenvalue weighted by Crippen LogP contribution is 2.32. The van der Waals surface area contributed by atoms with Crippen molar-refractivity contribution >= 4 is 17.1 Å². The summed E-state index contributed by atoms with van der Waals surface area (Å²) in [7, 11) is 0. The molecular formula is C22H24N4O3. The summed E-state index contributed by atoms with van der Waals surface area (Å²) in [5, 5.41) is 2.95. The van der Waals surface area contributed by atoms with Crippen molar-refractivity contribution in [1.82, 2.24) is 19.9 Å². The quantitative estimate of drug-likeness (QED) is 0.733. The Morgan fingerprint density at radius 2 is 1.90 bits per heavy atom. The van der Waals surface area contributed by atoms with Gasteiger partial charge in [-0.15, -0.1) is 0 Å². The average Bonchev–Trinajstić information content (AvgIpc) is 3.36. The van der Waals surface area contributed by atoms with Gasteiger partial charge in [-0.1, -0.05) is 18.9 Å². The number of hydrogen-bond acceptors (Lipinski definition) is 5. The Morgan fingerprint density at radius 3 is 2.76 bits per heavy atom. The number of benzene rings is 1. The predicted molar refractivity (Wildman–Crippen MR) is 108 cm³/mol. The molecule has 2 aromatic heterocycles. The molecule has 1 fully saturated rings. The van der Waals surface area contributed by atoms with Gasteiger partial charge in [0.1, 0.15) is 5.52 Å². The zero-order valence-electron chi connectivity index (χ0n) is 16.3. The Bertz CT molecular complexity index is 1040. The van der Waals surface area contributed by atoms with Crippen LogP contribution < -0.4 is 14.8 Å². The zero-order valence-corrected chi connectivity index (χ0v) is 16.3. The van der Waals surface area contributed by atoms with Crippen molar-refractivity contribution in [1.29, 1.82) is 0 Å². The third-order valence-corrected chi connectivity index (χ3v) is 5.66. The molecule has 1 aromatic carbocycles. The summed E-state index contributed by atoms with van der Waals surface area (Å²) in [4.78, 5) is 21.6. The second kappa shape index (κ2) is 7.73. The molecule has 0 bridgehead atoms. The van der Waals surface area contributed by atoms with E-state index in [-0.39, 0.29) is 5.91 Å². The summed E-state index contributed by atoms with van der Waals surface area (Å²) < 4.78 is 13.5. The van der Waals surface area contributed by atoms with Gasteiger partial charge in [0.15, 0.2) is 17.1 Å². The number of fused-ring (bicyclic) bond motifs is 2. The summed E-state index contributed by atoms with van der Waals surface area (Å²) in [6.45, 7) is 1.71. The number of pyridine rings is 1. The van der Waals surface area contributed by atoms with Crippen LogP contribution in [0.4, 0.5) is 0 Å². The first kappa shape index (κ1) is 18.0. The number of carbonyl (C=O) groups excluding carboxylic acids is 1. The molecule has 0 radical (unpaired) electrons. The van der Waals surface area contributed by atoms with Gasteiger partial charge in [-0.25, -0.2) is 9.97 Å². The van der Waals surface area contributed by atoms with Gasteiger partial charge in [0.05, 0.1) is 25.1 Å². The molecule has 5 rings (SSSR count). The smallest absolute Gasteiger partial charge is 0.253 e. The van der Waals surface area contributed by atoms with Crippen molar-refractivity contribution in [2.24, 2.45) is 0 Å². The molecule has 1 amide bonds. The Hall–Kier alpha value is -3.09. The van der Waals surface area contributed by atoms with Crippen LogP contribution >= 0.6 is 0 Å². The first-order chi connectivity index (χ1) is 14.3. The minimum absolute atomic E-state index is 0.165. The molecule has 1 saturated carbocycles. The summed E-state index contributed by atoms with van der Waals surface area (Å²) in [6, 6.07) is 8.05. The van der Waals surface area contributed by atoms with Gasteiger partial charge in [-0.05, 0) is 36.6 Å². The molecule has 2 aliphatic rings. The lowest BCUT2D eigenvalue weighted by Gasteiger charge is -2.12. The summed E-state index contributed by atoms with van der Waals surface area (Å²) in [5.41, 5.74) is 3.10. The largest absolute Gasteiger partial charge is 0.490 e. The van der Waals surface area contributed by atoms with Crippen molar-refractivity contribution in [2.45, 2.75) is 44.7 Å². The van der Waals surface area contributed by atoms with Gasteiger partial charge in [0, 0.05) is 25.2 Å². The number of aromatic nitrogens is 3. The Labute approximate surface area is 169 Å². The molecule has 1 N–H and O–H groups in total. The highest BCUT2D eigenvalue weighted by molar-refractivity contribution is 5.96. The van der Waals surface area contributed by atoms with Gasteiger partial charge in [0.25, 0.3) is 5.91 Å². The maximum Gasteiger partial charge on any atom is 0.253 e. The third kappa shape index (κ3) is 3.64. The summed E-state index contributed by atoms with van der Waals surface area (Å²) in [5.74, 6) is 1.32. The van der Waals surface area contributed by atoms with E-state index in [2.05, 4.69) is 19.9 Å². The lowest BCUT2D eigenvalue weighted by atomic mass is 10.2. The highest BCUT2D eigenvalue weighted by Gasteiger charge is 2.20. The molecule has 0 atom stereocenters. The molecule has 29 heavy (non-hydrogen) atoms. The molecule has 150 valence electrons. The number of amides is 1. The van der Waals surface area contributed by atoms with Crippen molar-refractivity contribution in [3.63, 3.8) is 0 Å². The SMILES string of the molecule is O=C(NCc1ccc2c(c1)OCCCO2)c1cnc2c(c1)ncn2C1CCCC1. The standard InChI is InChI=1S/C22H24N4O3/c27-22(24-12-15-6-7-19-20(10-15)29-9-3-8-28-19)16-11-18-21(23-13-16)26(14-25-18)17-4-1-2-5-17/h6-7,10-11,13-14,17H,1-5,8-9,12H2,(H,24,27). The molecule has 7 nitrogen and oxygen atoms in total. The van der Waals surface area contributed by atoms with Crippen molar-refractivity contribution in [2.75, 3.05) is 13.2 Å². The lowest BCUT2D eigenvalue weighted by molar-refractivity contribution is 0.0950. The summed E-state index contributed by atoms with van der Waals surface area (Å²) in [6.07, 6.45) is 9.21. The third-order valence-electron chi connectivity index (χ3n) is 5.66. The first-order valence-corrected chi connectivity index (χ1v) is 10.3. The Kier molecular flexibility index (Phi) is 4.79. The van der Waals surface area contributed by atoms with Gasteiger partial charge in [-0.2, -0.15) is 0 Å². The second-order valence-corrected chi connectivity index (χ2v) is 7.67. The van der Waals surface area contributed by atoms with Crippen molar-refractivity contribution < 1.29 is 14.3 Å². The molecule has 0 unspecified atom stereocenters. The minimum atomic E-state index is -0.165. The molecule has 7 heteroatoms. The zero-order chi connectivity index (χ0) is 19.6. The number of ether oxygens (including phenoxy) is 2. The van der Waals surface area contributed by atoms with E-state index < -0.39 is 0 Å². The van der Waals surface area contributed by atoms with E-state index in [1.165, 1.54) is 25.7 Å². The second-order valence-electron chi connectivity index (χ2n) is 7.67.